The quantitative estimate of drug-likeness (QED) is 0.780. The van der Waals surface area contributed by atoms with Gasteiger partial charge >= 0.3 is 6.09 Å². The molecule has 1 aliphatic carbocycles. The molecule has 3 rings (SSSR count). The van der Waals surface area contributed by atoms with Gasteiger partial charge in [-0.25, -0.2) is 4.79 Å². The van der Waals surface area contributed by atoms with E-state index in [-0.39, 0.29) is 11.7 Å². The van der Waals surface area contributed by atoms with Gasteiger partial charge < -0.3 is 19.7 Å². The number of ether oxygens (including phenoxy) is 2. The Hall–Kier alpha value is -0.810. The highest BCUT2D eigenvalue weighted by atomic mass is 16.6. The molecule has 0 radical (unpaired) electrons. The van der Waals surface area contributed by atoms with Crippen molar-refractivity contribution in [1.82, 2.24) is 10.2 Å². The van der Waals surface area contributed by atoms with Crippen LogP contribution in [0.25, 0.3) is 0 Å². The smallest absolute Gasteiger partial charge is 0.410 e. The van der Waals surface area contributed by atoms with Gasteiger partial charge in [-0.3, -0.25) is 0 Å². The molecule has 2 saturated heterocycles. The molecule has 5 nitrogen and oxygen atoms in total. The summed E-state index contributed by atoms with van der Waals surface area (Å²) in [5.41, 5.74) is -0.586. The van der Waals surface area contributed by atoms with Crippen LogP contribution in [0, 0.1) is 5.92 Å². The second kappa shape index (κ2) is 4.35. The van der Waals surface area contributed by atoms with Crippen molar-refractivity contribution < 1.29 is 14.3 Å². The second-order valence-electron chi connectivity index (χ2n) is 7.02. The fraction of sp³-hybridized carbons (Fsp3) is 0.929. The van der Waals surface area contributed by atoms with E-state index in [1.807, 2.05) is 20.8 Å². The van der Waals surface area contributed by atoms with Crippen molar-refractivity contribution in [3.05, 3.63) is 0 Å². The van der Waals surface area contributed by atoms with Crippen LogP contribution in [0.3, 0.4) is 0 Å². The SMILES string of the molecule is CC(C)(C)OC(=O)N1CC2(C1)OCCNC2C1CC1. The third-order valence-corrected chi connectivity index (χ3v) is 4.08. The van der Waals surface area contributed by atoms with E-state index in [0.29, 0.717) is 19.1 Å². The molecular weight excluding hydrogens is 244 g/mol. The summed E-state index contributed by atoms with van der Waals surface area (Å²) in [4.78, 5) is 13.7. The highest BCUT2D eigenvalue weighted by molar-refractivity contribution is 5.69. The van der Waals surface area contributed by atoms with Crippen LogP contribution in [0.5, 0.6) is 0 Å². The van der Waals surface area contributed by atoms with Gasteiger partial charge in [0.1, 0.15) is 11.2 Å². The Morgan fingerprint density at radius 1 is 1.37 bits per heavy atom. The summed E-state index contributed by atoms with van der Waals surface area (Å²) in [6.07, 6.45) is 2.35. The molecule has 1 saturated carbocycles. The van der Waals surface area contributed by atoms with Crippen LogP contribution in [0.2, 0.25) is 0 Å². The Kier molecular flexibility index (Phi) is 3.02. The molecule has 0 aromatic heterocycles. The summed E-state index contributed by atoms with van der Waals surface area (Å²) in [5, 5.41) is 3.58. The summed E-state index contributed by atoms with van der Waals surface area (Å²) in [6.45, 7) is 8.68. The van der Waals surface area contributed by atoms with Crippen LogP contribution in [-0.4, -0.2) is 54.5 Å². The molecule has 0 bridgehead atoms. The summed E-state index contributed by atoms with van der Waals surface area (Å²) in [7, 11) is 0. The van der Waals surface area contributed by atoms with Crippen molar-refractivity contribution >= 4 is 6.09 Å². The Morgan fingerprint density at radius 2 is 2.05 bits per heavy atom. The molecule has 3 fully saturated rings. The van der Waals surface area contributed by atoms with Gasteiger partial charge in [0.15, 0.2) is 0 Å². The third-order valence-electron chi connectivity index (χ3n) is 4.08. The zero-order valence-corrected chi connectivity index (χ0v) is 12.1. The van der Waals surface area contributed by atoms with Crippen molar-refractivity contribution in [2.45, 2.75) is 50.9 Å². The third kappa shape index (κ3) is 2.58. The van der Waals surface area contributed by atoms with Gasteiger partial charge in [-0.1, -0.05) is 0 Å². The molecule has 1 spiro atoms. The molecule has 5 heteroatoms. The number of amides is 1. The summed E-state index contributed by atoms with van der Waals surface area (Å²) >= 11 is 0. The van der Waals surface area contributed by atoms with Gasteiger partial charge in [0, 0.05) is 12.6 Å². The molecule has 1 atom stereocenters. The summed E-state index contributed by atoms with van der Waals surface area (Å²) < 4.78 is 11.4. The van der Waals surface area contributed by atoms with Crippen molar-refractivity contribution in [2.75, 3.05) is 26.2 Å². The van der Waals surface area contributed by atoms with Gasteiger partial charge in [-0.2, -0.15) is 0 Å². The maximum absolute atomic E-state index is 12.0. The van der Waals surface area contributed by atoms with Crippen LogP contribution in [0.15, 0.2) is 0 Å². The molecule has 108 valence electrons. The van der Waals surface area contributed by atoms with Crippen LogP contribution < -0.4 is 5.32 Å². The topological polar surface area (TPSA) is 50.8 Å². The first-order chi connectivity index (χ1) is 8.90. The molecule has 1 amide bonds. The number of nitrogens with zero attached hydrogens (tertiary/aromatic N) is 1. The maximum atomic E-state index is 12.0. The highest BCUT2D eigenvalue weighted by Gasteiger charge is 2.57. The molecule has 0 aromatic carbocycles. The van der Waals surface area contributed by atoms with Gasteiger partial charge in [-0.05, 0) is 39.5 Å². The van der Waals surface area contributed by atoms with E-state index >= 15 is 0 Å². The van der Waals surface area contributed by atoms with Crippen LogP contribution >= 0.6 is 0 Å². The largest absolute Gasteiger partial charge is 0.444 e. The molecule has 1 N–H and O–H groups in total. The zero-order valence-electron chi connectivity index (χ0n) is 12.1. The van der Waals surface area contributed by atoms with E-state index in [4.69, 9.17) is 9.47 Å². The molecule has 19 heavy (non-hydrogen) atoms. The summed E-state index contributed by atoms with van der Waals surface area (Å²) in [5.74, 6) is 0.737. The Labute approximate surface area is 114 Å². The Morgan fingerprint density at radius 3 is 2.63 bits per heavy atom. The predicted molar refractivity (Wildman–Crippen MR) is 71.0 cm³/mol. The number of hydrogen-bond acceptors (Lipinski definition) is 4. The molecule has 2 aliphatic heterocycles. The maximum Gasteiger partial charge on any atom is 0.410 e. The molecular formula is C14H24N2O3. The van der Waals surface area contributed by atoms with Gasteiger partial charge in [0.25, 0.3) is 0 Å². The van der Waals surface area contributed by atoms with E-state index in [0.717, 1.165) is 19.1 Å². The number of hydrogen-bond donors (Lipinski definition) is 1. The average molecular weight is 268 g/mol. The van der Waals surface area contributed by atoms with Gasteiger partial charge in [0.2, 0.25) is 0 Å². The minimum Gasteiger partial charge on any atom is -0.444 e. The standard InChI is InChI=1S/C14H24N2O3/c1-13(2,3)19-12(17)16-8-14(9-16)11(10-4-5-10)15-6-7-18-14/h10-11,15H,4-9H2,1-3H3. The van der Waals surface area contributed by atoms with E-state index in [1.165, 1.54) is 12.8 Å². The first-order valence-electron chi connectivity index (χ1n) is 7.25. The highest BCUT2D eigenvalue weighted by Crippen LogP contribution is 2.43. The first-order valence-corrected chi connectivity index (χ1v) is 7.25. The zero-order chi connectivity index (χ0) is 13.7. The lowest BCUT2D eigenvalue weighted by Crippen LogP contribution is -2.75. The summed E-state index contributed by atoms with van der Waals surface area (Å²) in [6, 6.07) is 0.417. The minimum atomic E-state index is -0.429. The Bertz CT molecular complexity index is 367. The number of likely N-dealkylation sites (tertiary alicyclic amines) is 1. The van der Waals surface area contributed by atoms with Gasteiger partial charge in [0.05, 0.1) is 19.7 Å². The minimum absolute atomic E-state index is 0.156. The van der Waals surface area contributed by atoms with Crippen molar-refractivity contribution in [1.29, 1.82) is 0 Å². The number of rotatable bonds is 1. The lowest BCUT2D eigenvalue weighted by Gasteiger charge is -2.55. The Balaban J connectivity index is 1.59. The first kappa shape index (κ1) is 13.2. The lowest BCUT2D eigenvalue weighted by molar-refractivity contribution is -0.178. The molecule has 2 heterocycles. The van der Waals surface area contributed by atoms with Crippen molar-refractivity contribution in [3.63, 3.8) is 0 Å². The van der Waals surface area contributed by atoms with E-state index in [9.17, 15) is 4.79 Å². The molecule has 1 unspecified atom stereocenters. The fourth-order valence-electron chi connectivity index (χ4n) is 3.11. The van der Waals surface area contributed by atoms with Gasteiger partial charge in [-0.15, -0.1) is 0 Å². The van der Waals surface area contributed by atoms with Crippen molar-refractivity contribution in [3.8, 4) is 0 Å². The molecule has 0 aromatic rings. The second-order valence-corrected chi connectivity index (χ2v) is 7.02. The fourth-order valence-corrected chi connectivity index (χ4v) is 3.11. The van der Waals surface area contributed by atoms with E-state index < -0.39 is 5.60 Å². The van der Waals surface area contributed by atoms with E-state index in [2.05, 4.69) is 5.32 Å². The average Bonchev–Trinajstić information content (AvgIpc) is 3.06. The number of nitrogens with one attached hydrogen (secondary N) is 1. The predicted octanol–water partition coefficient (Wildman–Crippen LogP) is 1.37. The van der Waals surface area contributed by atoms with Crippen LogP contribution in [0.4, 0.5) is 4.79 Å². The number of carbonyl (C=O) groups is 1. The van der Waals surface area contributed by atoms with E-state index in [1.54, 1.807) is 4.90 Å². The number of carbonyl (C=O) groups excluding carboxylic acids is 1. The number of morpholine rings is 1. The van der Waals surface area contributed by atoms with Crippen LogP contribution in [0.1, 0.15) is 33.6 Å². The monoisotopic (exact) mass is 268 g/mol. The van der Waals surface area contributed by atoms with Crippen molar-refractivity contribution in [2.24, 2.45) is 5.92 Å². The molecule has 3 aliphatic rings. The lowest BCUT2D eigenvalue weighted by atomic mass is 9.82. The normalized spacial score (nSPS) is 30.1. The van der Waals surface area contributed by atoms with Crippen LogP contribution in [-0.2, 0) is 9.47 Å².